The molecular formula is C16H20ClFN2. The maximum Gasteiger partial charge on any atom is 0.128 e. The van der Waals surface area contributed by atoms with Crippen molar-refractivity contribution in [3.05, 3.63) is 29.3 Å². The van der Waals surface area contributed by atoms with Crippen molar-refractivity contribution in [1.29, 1.82) is 0 Å². The Kier molecular flexibility index (Phi) is 3.72. The van der Waals surface area contributed by atoms with E-state index in [1.807, 2.05) is 6.07 Å². The summed E-state index contributed by atoms with van der Waals surface area (Å²) in [4.78, 5) is 4.58. The van der Waals surface area contributed by atoms with Gasteiger partial charge < -0.3 is 4.57 Å². The molecule has 1 aliphatic rings. The predicted octanol–water partition coefficient (Wildman–Crippen LogP) is 4.31. The molecule has 0 spiro atoms. The van der Waals surface area contributed by atoms with Gasteiger partial charge in [-0.3, -0.25) is 0 Å². The van der Waals surface area contributed by atoms with E-state index in [0.29, 0.717) is 17.4 Å². The fourth-order valence-corrected chi connectivity index (χ4v) is 3.05. The Balaban J connectivity index is 2.04. The van der Waals surface area contributed by atoms with Crippen molar-refractivity contribution in [2.75, 3.05) is 5.88 Å². The molecule has 0 radical (unpaired) electrons. The fraction of sp³-hybridized carbons (Fsp3) is 0.562. The van der Waals surface area contributed by atoms with Crippen molar-refractivity contribution in [1.82, 2.24) is 9.55 Å². The van der Waals surface area contributed by atoms with Crippen LogP contribution in [0.1, 0.15) is 31.2 Å². The van der Waals surface area contributed by atoms with Gasteiger partial charge in [0.05, 0.1) is 11.0 Å². The number of fused-ring (bicyclic) bond motifs is 1. The molecule has 1 aromatic heterocycles. The Morgan fingerprint density at radius 1 is 1.45 bits per heavy atom. The van der Waals surface area contributed by atoms with Crippen molar-refractivity contribution < 1.29 is 4.39 Å². The van der Waals surface area contributed by atoms with Crippen LogP contribution in [0.15, 0.2) is 12.1 Å². The van der Waals surface area contributed by atoms with Gasteiger partial charge in [-0.2, -0.15) is 0 Å². The number of alkyl halides is 1. The highest BCUT2D eigenvalue weighted by molar-refractivity contribution is 6.17. The first-order valence-corrected chi connectivity index (χ1v) is 7.85. The van der Waals surface area contributed by atoms with E-state index >= 15 is 0 Å². The lowest BCUT2D eigenvalue weighted by molar-refractivity contribution is 0.429. The number of imidazole rings is 1. The zero-order chi connectivity index (χ0) is 14.3. The summed E-state index contributed by atoms with van der Waals surface area (Å²) in [6, 6.07) is 3.45. The molecule has 1 aliphatic carbocycles. The van der Waals surface area contributed by atoms with E-state index in [-0.39, 0.29) is 5.82 Å². The maximum atomic E-state index is 13.7. The quantitative estimate of drug-likeness (QED) is 0.751. The Hall–Kier alpha value is -1.09. The molecule has 108 valence electrons. The number of aromatic nitrogens is 2. The van der Waals surface area contributed by atoms with E-state index in [2.05, 4.69) is 16.5 Å². The molecule has 1 aromatic carbocycles. The van der Waals surface area contributed by atoms with E-state index in [9.17, 15) is 4.39 Å². The molecule has 0 amide bonds. The molecule has 20 heavy (non-hydrogen) atoms. The maximum absolute atomic E-state index is 13.7. The van der Waals surface area contributed by atoms with Crippen LogP contribution in [-0.4, -0.2) is 15.4 Å². The second-order valence-corrected chi connectivity index (χ2v) is 6.36. The lowest BCUT2D eigenvalue weighted by atomic mass is 10.1. The summed E-state index contributed by atoms with van der Waals surface area (Å²) >= 11 is 5.88. The van der Waals surface area contributed by atoms with Crippen LogP contribution in [-0.2, 0) is 13.0 Å². The summed E-state index contributed by atoms with van der Waals surface area (Å²) in [5.41, 5.74) is 2.46. The number of hydrogen-bond donors (Lipinski definition) is 0. The molecule has 1 heterocycles. The van der Waals surface area contributed by atoms with E-state index in [4.69, 9.17) is 11.6 Å². The third kappa shape index (κ3) is 2.56. The van der Waals surface area contributed by atoms with E-state index in [0.717, 1.165) is 35.7 Å². The van der Waals surface area contributed by atoms with Crippen LogP contribution in [0.5, 0.6) is 0 Å². The first-order valence-electron chi connectivity index (χ1n) is 7.31. The van der Waals surface area contributed by atoms with Gasteiger partial charge in [-0.15, -0.1) is 11.6 Å². The zero-order valence-electron chi connectivity index (χ0n) is 12.0. The standard InChI is InChI=1S/C16H20ClFN2/c1-10-7-15-14(8-13(10)18)19-16(5-6-17)20(15)9-11(2)12-3-4-12/h7-8,11-12H,3-6,9H2,1-2H3. The Labute approximate surface area is 123 Å². The number of hydrogen-bond acceptors (Lipinski definition) is 1. The normalized spacial score (nSPS) is 16.8. The molecule has 0 bridgehead atoms. The Morgan fingerprint density at radius 2 is 2.20 bits per heavy atom. The largest absolute Gasteiger partial charge is 0.328 e. The van der Waals surface area contributed by atoms with Crippen molar-refractivity contribution in [2.45, 2.75) is 39.7 Å². The molecule has 1 saturated carbocycles. The summed E-state index contributed by atoms with van der Waals surface area (Å²) in [6.45, 7) is 5.06. The summed E-state index contributed by atoms with van der Waals surface area (Å²) < 4.78 is 15.9. The molecular weight excluding hydrogens is 275 g/mol. The van der Waals surface area contributed by atoms with E-state index in [1.54, 1.807) is 13.0 Å². The van der Waals surface area contributed by atoms with Gasteiger partial charge >= 0.3 is 0 Å². The second-order valence-electron chi connectivity index (χ2n) is 5.98. The molecule has 1 atom stereocenters. The third-order valence-corrected chi connectivity index (χ3v) is 4.51. The highest BCUT2D eigenvalue weighted by atomic mass is 35.5. The minimum atomic E-state index is -0.185. The van der Waals surface area contributed by atoms with Gasteiger partial charge in [-0.25, -0.2) is 9.37 Å². The first-order chi connectivity index (χ1) is 9.60. The van der Waals surface area contributed by atoms with Crippen molar-refractivity contribution in [2.24, 2.45) is 11.8 Å². The topological polar surface area (TPSA) is 17.8 Å². The van der Waals surface area contributed by atoms with Gasteiger partial charge in [0.2, 0.25) is 0 Å². The predicted molar refractivity (Wildman–Crippen MR) is 80.7 cm³/mol. The number of rotatable bonds is 5. The highest BCUT2D eigenvalue weighted by Gasteiger charge is 2.29. The number of nitrogens with zero attached hydrogens (tertiary/aromatic N) is 2. The number of aryl methyl sites for hydroxylation is 2. The molecule has 2 nitrogen and oxygen atoms in total. The molecule has 0 saturated heterocycles. The van der Waals surface area contributed by atoms with Gasteiger partial charge in [0, 0.05) is 24.9 Å². The summed E-state index contributed by atoms with van der Waals surface area (Å²) in [6.07, 6.45) is 3.41. The van der Waals surface area contributed by atoms with Crippen LogP contribution in [0.2, 0.25) is 0 Å². The lowest BCUT2D eigenvalue weighted by Crippen LogP contribution is -2.12. The van der Waals surface area contributed by atoms with Gasteiger partial charge in [0.1, 0.15) is 11.6 Å². The number of halogens is 2. The zero-order valence-corrected chi connectivity index (χ0v) is 12.8. The SMILES string of the molecule is Cc1cc2c(cc1F)nc(CCCl)n2CC(C)C1CC1. The molecule has 0 N–H and O–H groups in total. The summed E-state index contributed by atoms with van der Waals surface area (Å²) in [7, 11) is 0. The van der Waals surface area contributed by atoms with Crippen molar-refractivity contribution >= 4 is 22.6 Å². The van der Waals surface area contributed by atoms with Crippen LogP contribution < -0.4 is 0 Å². The van der Waals surface area contributed by atoms with Crippen LogP contribution in [0, 0.1) is 24.6 Å². The molecule has 0 aliphatic heterocycles. The molecule has 1 fully saturated rings. The van der Waals surface area contributed by atoms with Crippen LogP contribution in [0.3, 0.4) is 0 Å². The number of benzene rings is 1. The molecule has 3 rings (SSSR count). The van der Waals surface area contributed by atoms with Crippen LogP contribution in [0.4, 0.5) is 4.39 Å². The molecule has 1 unspecified atom stereocenters. The van der Waals surface area contributed by atoms with Gasteiger partial charge in [-0.1, -0.05) is 6.92 Å². The van der Waals surface area contributed by atoms with Crippen LogP contribution >= 0.6 is 11.6 Å². The molecule has 4 heteroatoms. The van der Waals surface area contributed by atoms with E-state index < -0.39 is 0 Å². The second kappa shape index (κ2) is 5.36. The minimum Gasteiger partial charge on any atom is -0.328 e. The Bertz CT molecular complexity index is 631. The average molecular weight is 295 g/mol. The van der Waals surface area contributed by atoms with Gasteiger partial charge in [-0.05, 0) is 43.2 Å². The van der Waals surface area contributed by atoms with Gasteiger partial charge in [0.25, 0.3) is 0 Å². The Morgan fingerprint density at radius 3 is 2.85 bits per heavy atom. The van der Waals surface area contributed by atoms with Crippen molar-refractivity contribution in [3.63, 3.8) is 0 Å². The first kappa shape index (κ1) is 13.9. The fourth-order valence-electron chi connectivity index (χ4n) is 2.88. The third-order valence-electron chi connectivity index (χ3n) is 4.32. The lowest BCUT2D eigenvalue weighted by Gasteiger charge is -2.14. The van der Waals surface area contributed by atoms with Crippen molar-refractivity contribution in [3.8, 4) is 0 Å². The van der Waals surface area contributed by atoms with E-state index in [1.165, 1.54) is 12.8 Å². The highest BCUT2D eigenvalue weighted by Crippen LogP contribution is 2.38. The molecule has 2 aromatic rings. The van der Waals surface area contributed by atoms with Gasteiger partial charge in [0.15, 0.2) is 0 Å². The average Bonchev–Trinajstić information content (AvgIpc) is 3.20. The monoisotopic (exact) mass is 294 g/mol. The summed E-state index contributed by atoms with van der Waals surface area (Å²) in [5, 5.41) is 0. The smallest absolute Gasteiger partial charge is 0.128 e. The minimum absolute atomic E-state index is 0.185. The summed E-state index contributed by atoms with van der Waals surface area (Å²) in [5.74, 6) is 2.83. The van der Waals surface area contributed by atoms with Crippen LogP contribution in [0.25, 0.3) is 11.0 Å².